The van der Waals surface area contributed by atoms with E-state index in [2.05, 4.69) is 30.7 Å². The van der Waals surface area contributed by atoms with Gasteiger partial charge in [0.15, 0.2) is 0 Å². The normalized spacial score (nSPS) is 17.2. The largest absolute Gasteiger partial charge is 0.507 e. The Labute approximate surface area is 228 Å². The topological polar surface area (TPSA) is 118 Å². The highest BCUT2D eigenvalue weighted by molar-refractivity contribution is 6.46. The Kier molecular flexibility index (Phi) is 7.81. The molecule has 1 saturated heterocycles. The third-order valence-corrected chi connectivity index (χ3v) is 7.16. The first kappa shape index (κ1) is 27.9. The van der Waals surface area contributed by atoms with Crippen molar-refractivity contribution < 1.29 is 24.2 Å². The number of hydrogen-bond donors (Lipinski definition) is 2. The lowest BCUT2D eigenvalue weighted by Gasteiger charge is -2.26. The molecule has 0 unspecified atom stereocenters. The second-order valence-corrected chi connectivity index (χ2v) is 10.9. The minimum Gasteiger partial charge on any atom is -0.507 e. The van der Waals surface area contributed by atoms with Gasteiger partial charge >= 0.3 is 5.97 Å². The van der Waals surface area contributed by atoms with Gasteiger partial charge < -0.3 is 24.3 Å². The number of imidazole rings is 1. The number of ketones is 1. The number of aromatic nitrogens is 3. The van der Waals surface area contributed by atoms with E-state index >= 15 is 0 Å². The standard InChI is InChI=1S/C30H36N4O5/c1-7-39-29(38)24-18(2)22(19(3)32-24)26(35)23-25(20-9-11-21(12-10-20)30(4,5)6)34(28(37)27(23)36)15-8-14-33-16-13-31-17-33/h9-13,16-17,25,32,35H,7-8,14-15H2,1-6H3/t25-/m0/s1. The molecule has 9 heteroatoms. The third-order valence-electron chi connectivity index (χ3n) is 7.16. The summed E-state index contributed by atoms with van der Waals surface area (Å²) in [5.74, 6) is -2.27. The van der Waals surface area contributed by atoms with E-state index in [1.54, 1.807) is 33.3 Å². The van der Waals surface area contributed by atoms with Crippen LogP contribution in [0.15, 0.2) is 48.6 Å². The van der Waals surface area contributed by atoms with Crippen molar-refractivity contribution in [1.29, 1.82) is 0 Å². The fourth-order valence-corrected chi connectivity index (χ4v) is 5.11. The molecule has 9 nitrogen and oxygen atoms in total. The van der Waals surface area contributed by atoms with Gasteiger partial charge in [-0.2, -0.15) is 0 Å². The highest BCUT2D eigenvalue weighted by atomic mass is 16.5. The summed E-state index contributed by atoms with van der Waals surface area (Å²) in [6, 6.07) is 7.03. The molecule has 0 saturated carbocycles. The first-order chi connectivity index (χ1) is 18.5. The monoisotopic (exact) mass is 532 g/mol. The molecule has 1 atom stereocenters. The number of rotatable bonds is 8. The Morgan fingerprint density at radius 3 is 2.41 bits per heavy atom. The summed E-state index contributed by atoms with van der Waals surface area (Å²) in [5.41, 5.74) is 3.25. The van der Waals surface area contributed by atoms with Gasteiger partial charge in [-0.05, 0) is 49.3 Å². The van der Waals surface area contributed by atoms with Crippen molar-refractivity contribution in [3.63, 3.8) is 0 Å². The van der Waals surface area contributed by atoms with E-state index in [-0.39, 0.29) is 29.0 Å². The van der Waals surface area contributed by atoms with Gasteiger partial charge in [-0.1, -0.05) is 45.0 Å². The molecule has 1 aliphatic rings. The average molecular weight is 533 g/mol. The molecule has 0 aliphatic carbocycles. The van der Waals surface area contributed by atoms with Crippen LogP contribution in [0.4, 0.5) is 0 Å². The molecular weight excluding hydrogens is 496 g/mol. The Hall–Kier alpha value is -4.14. The number of carbonyl (C=O) groups is 3. The molecule has 1 amide bonds. The zero-order valence-corrected chi connectivity index (χ0v) is 23.4. The highest BCUT2D eigenvalue weighted by Crippen LogP contribution is 2.41. The first-order valence-electron chi connectivity index (χ1n) is 13.2. The lowest BCUT2D eigenvalue weighted by Crippen LogP contribution is -2.31. The number of aliphatic hydroxyl groups excluding tert-OH is 1. The molecule has 1 aliphatic heterocycles. The van der Waals surface area contributed by atoms with Gasteiger partial charge in [0.25, 0.3) is 11.7 Å². The van der Waals surface area contributed by atoms with Gasteiger partial charge in [-0.3, -0.25) is 9.59 Å². The van der Waals surface area contributed by atoms with E-state index < -0.39 is 23.7 Å². The number of amides is 1. The number of aryl methyl sites for hydroxylation is 2. The number of aromatic amines is 1. The first-order valence-corrected chi connectivity index (χ1v) is 13.2. The predicted molar refractivity (Wildman–Crippen MR) is 147 cm³/mol. The van der Waals surface area contributed by atoms with Crippen LogP contribution < -0.4 is 0 Å². The minimum atomic E-state index is -0.776. The number of likely N-dealkylation sites (tertiary alicyclic amines) is 1. The Balaban J connectivity index is 1.80. The number of ether oxygens (including phenoxy) is 1. The summed E-state index contributed by atoms with van der Waals surface area (Å²) in [6.07, 6.45) is 5.83. The van der Waals surface area contributed by atoms with Crippen LogP contribution in [0.1, 0.15) is 78.6 Å². The quantitative estimate of drug-likeness (QED) is 0.186. The number of aliphatic hydroxyl groups is 1. The summed E-state index contributed by atoms with van der Waals surface area (Å²) < 4.78 is 7.05. The van der Waals surface area contributed by atoms with E-state index in [1.165, 1.54) is 4.90 Å². The molecule has 4 rings (SSSR count). The van der Waals surface area contributed by atoms with Crippen LogP contribution in [0.2, 0.25) is 0 Å². The zero-order valence-electron chi connectivity index (χ0n) is 23.4. The maximum atomic E-state index is 13.5. The molecule has 0 spiro atoms. The summed E-state index contributed by atoms with van der Waals surface area (Å²) in [6.45, 7) is 12.6. The Morgan fingerprint density at radius 1 is 1.13 bits per heavy atom. The van der Waals surface area contributed by atoms with E-state index in [1.807, 2.05) is 35.0 Å². The second-order valence-electron chi connectivity index (χ2n) is 10.9. The van der Waals surface area contributed by atoms with E-state index in [4.69, 9.17) is 4.74 Å². The fourth-order valence-electron chi connectivity index (χ4n) is 5.11. The van der Waals surface area contributed by atoms with Crippen LogP contribution in [0, 0.1) is 13.8 Å². The van der Waals surface area contributed by atoms with Gasteiger partial charge in [0, 0.05) is 36.7 Å². The molecular formula is C30H36N4O5. The highest BCUT2D eigenvalue weighted by Gasteiger charge is 2.46. The van der Waals surface area contributed by atoms with Crippen LogP contribution >= 0.6 is 0 Å². The smallest absolute Gasteiger partial charge is 0.355 e. The second kappa shape index (κ2) is 10.9. The Morgan fingerprint density at radius 2 is 1.82 bits per heavy atom. The molecule has 3 aromatic rings. The number of esters is 1. The van der Waals surface area contributed by atoms with Crippen molar-refractivity contribution in [2.24, 2.45) is 0 Å². The van der Waals surface area contributed by atoms with E-state index in [0.29, 0.717) is 36.3 Å². The fraction of sp³-hybridized carbons (Fsp3) is 0.400. The van der Waals surface area contributed by atoms with Crippen LogP contribution in [0.3, 0.4) is 0 Å². The zero-order chi connectivity index (χ0) is 28.5. The number of Topliss-reactive ketones (excluding diaryl/α,β-unsaturated/α-hetero) is 1. The lowest BCUT2D eigenvalue weighted by molar-refractivity contribution is -0.139. The molecule has 2 aromatic heterocycles. The minimum absolute atomic E-state index is 0.00625. The van der Waals surface area contributed by atoms with Gasteiger partial charge in [0.05, 0.1) is 24.5 Å². The van der Waals surface area contributed by atoms with Gasteiger partial charge in [-0.15, -0.1) is 0 Å². The van der Waals surface area contributed by atoms with Crippen LogP contribution in [0.5, 0.6) is 0 Å². The van der Waals surface area contributed by atoms with Crippen LogP contribution in [-0.2, 0) is 26.3 Å². The van der Waals surface area contributed by atoms with Crippen molar-refractivity contribution in [1.82, 2.24) is 19.4 Å². The van der Waals surface area contributed by atoms with E-state index in [0.717, 1.165) is 11.1 Å². The molecule has 0 bridgehead atoms. The molecule has 1 aromatic carbocycles. The molecule has 0 radical (unpaired) electrons. The third kappa shape index (κ3) is 5.39. The van der Waals surface area contributed by atoms with Crippen LogP contribution in [0.25, 0.3) is 5.76 Å². The van der Waals surface area contributed by atoms with Crippen molar-refractivity contribution in [2.75, 3.05) is 13.2 Å². The molecule has 206 valence electrons. The number of nitrogens with one attached hydrogen (secondary N) is 1. The summed E-state index contributed by atoms with van der Waals surface area (Å²) in [5, 5.41) is 11.6. The Bertz CT molecular complexity index is 1410. The number of carbonyl (C=O) groups excluding carboxylic acids is 3. The molecule has 3 heterocycles. The van der Waals surface area contributed by atoms with Gasteiger partial charge in [0.2, 0.25) is 0 Å². The summed E-state index contributed by atoms with van der Waals surface area (Å²) in [7, 11) is 0. The lowest BCUT2D eigenvalue weighted by atomic mass is 9.85. The number of hydrogen-bond acceptors (Lipinski definition) is 6. The molecule has 2 N–H and O–H groups in total. The molecule has 39 heavy (non-hydrogen) atoms. The molecule has 1 fully saturated rings. The summed E-state index contributed by atoms with van der Waals surface area (Å²) in [4.78, 5) is 47.9. The van der Waals surface area contributed by atoms with E-state index in [9.17, 15) is 19.5 Å². The van der Waals surface area contributed by atoms with Crippen molar-refractivity contribution in [2.45, 2.75) is 66.0 Å². The van der Waals surface area contributed by atoms with Gasteiger partial charge in [0.1, 0.15) is 11.5 Å². The van der Waals surface area contributed by atoms with Crippen molar-refractivity contribution >= 4 is 23.4 Å². The maximum Gasteiger partial charge on any atom is 0.355 e. The predicted octanol–water partition coefficient (Wildman–Crippen LogP) is 4.81. The van der Waals surface area contributed by atoms with Crippen molar-refractivity contribution in [3.8, 4) is 0 Å². The van der Waals surface area contributed by atoms with Gasteiger partial charge in [-0.25, -0.2) is 9.78 Å². The average Bonchev–Trinajstić information content (AvgIpc) is 3.57. The summed E-state index contributed by atoms with van der Waals surface area (Å²) >= 11 is 0. The maximum absolute atomic E-state index is 13.5. The van der Waals surface area contributed by atoms with Crippen molar-refractivity contribution in [3.05, 3.63) is 82.2 Å². The number of benzene rings is 1. The SMILES string of the molecule is CCOC(=O)c1[nH]c(C)c(C(O)=C2C(=O)C(=O)N(CCCn3ccnc3)[C@H]2c2ccc(C(C)(C)C)cc2)c1C. The van der Waals surface area contributed by atoms with Crippen LogP contribution in [-0.4, -0.2) is 55.4 Å². The number of H-pyrrole nitrogens is 1. The number of nitrogens with zero attached hydrogens (tertiary/aromatic N) is 3.